The van der Waals surface area contributed by atoms with Gasteiger partial charge in [0.05, 0.1) is 69.3 Å². The fourth-order valence-corrected chi connectivity index (χ4v) is 15.3. The van der Waals surface area contributed by atoms with E-state index in [0.717, 1.165) is 84.0 Å². The normalized spacial score (nSPS) is 48.4. The zero-order chi connectivity index (χ0) is 43.9. The monoisotopic (exact) mass is 874 g/mol. The Morgan fingerprint density at radius 1 is 1.00 bits per heavy atom. The summed E-state index contributed by atoms with van der Waals surface area (Å²) < 4.78 is 21.6. The van der Waals surface area contributed by atoms with E-state index >= 15 is 0 Å². The molecule has 5 aliphatic heterocycles. The Morgan fingerprint density at radius 3 is 2.50 bits per heavy atom. The molecule has 0 radical (unpaired) electrons. The largest absolute Gasteiger partial charge is 0.456 e. The number of ketones is 1. The number of Topliss-reactive ketones (excluding diaryl/α,β-unsaturated/α-hetero) is 1. The van der Waals surface area contributed by atoms with Gasteiger partial charge < -0.3 is 56.3 Å². The van der Waals surface area contributed by atoms with Gasteiger partial charge in [-0.15, -0.1) is 0 Å². The van der Waals surface area contributed by atoms with E-state index in [1.165, 1.54) is 0 Å². The first-order chi connectivity index (χ1) is 29.9. The van der Waals surface area contributed by atoms with Crippen LogP contribution in [0.4, 0.5) is 0 Å². The number of carbonyl (C=O) groups excluding carboxylic acids is 2. The minimum Gasteiger partial charge on any atom is -0.456 e. The maximum absolute atomic E-state index is 14.5. The lowest BCUT2D eigenvalue weighted by Gasteiger charge is -2.63. The maximum atomic E-state index is 14.5. The number of hydrogen-bond donors (Lipinski definition) is 9. The zero-order valence-electron chi connectivity index (χ0n) is 38.1. The third kappa shape index (κ3) is 8.99. The number of allylic oxidation sites excluding steroid dienone is 1. The summed E-state index contributed by atoms with van der Waals surface area (Å²) in [5, 5.41) is 58.3. The highest BCUT2D eigenvalue weighted by atomic mass is 16.6. The van der Waals surface area contributed by atoms with E-state index in [4.69, 9.17) is 19.9 Å². The zero-order valence-corrected chi connectivity index (χ0v) is 38.1. The van der Waals surface area contributed by atoms with E-state index in [-0.39, 0.29) is 79.0 Å². The van der Waals surface area contributed by atoms with Gasteiger partial charge in [-0.3, -0.25) is 10.1 Å². The second kappa shape index (κ2) is 20.1. The minimum absolute atomic E-state index is 0.0118. The number of rotatable bonds is 11. The molecule has 352 valence electrons. The van der Waals surface area contributed by atoms with Crippen LogP contribution in [0.15, 0.2) is 11.6 Å². The van der Waals surface area contributed by atoms with Crippen LogP contribution in [0.5, 0.6) is 0 Å². The first-order valence-corrected chi connectivity index (χ1v) is 25.1. The Balaban J connectivity index is 1.31. The highest BCUT2D eigenvalue weighted by Crippen LogP contribution is 2.61. The molecule has 16 unspecified atom stereocenters. The predicted molar refractivity (Wildman–Crippen MR) is 232 cm³/mol. The van der Waals surface area contributed by atoms with Crippen molar-refractivity contribution in [2.75, 3.05) is 46.4 Å². The highest BCUT2D eigenvalue weighted by molar-refractivity contribution is 5.88. The molecule has 14 nitrogen and oxygen atoms in total. The Bertz CT molecular complexity index is 1560. The molecule has 3 saturated carbocycles. The molecule has 4 bridgehead atoms. The molecule has 0 aromatic carbocycles. The summed E-state index contributed by atoms with van der Waals surface area (Å²) in [7, 11) is 1.99. The molecule has 3 aliphatic carbocycles. The number of ether oxygens (including phenoxy) is 3. The van der Waals surface area contributed by atoms with Crippen molar-refractivity contribution in [1.29, 1.82) is 0 Å². The van der Waals surface area contributed by atoms with Crippen LogP contribution in [-0.2, 0) is 23.8 Å². The van der Waals surface area contributed by atoms with Crippen LogP contribution >= 0.6 is 0 Å². The first-order valence-electron chi connectivity index (χ1n) is 25.1. The minimum atomic E-state index is -1.11. The van der Waals surface area contributed by atoms with E-state index in [2.05, 4.69) is 35.1 Å². The molecule has 0 spiro atoms. The topological polar surface area (TPSA) is 226 Å². The lowest BCUT2D eigenvalue weighted by Crippen LogP contribution is -2.95. The maximum Gasteiger partial charge on any atom is 0.334 e. The van der Waals surface area contributed by atoms with Gasteiger partial charge >= 0.3 is 5.97 Å². The quantitative estimate of drug-likeness (QED) is 0.100. The highest BCUT2D eigenvalue weighted by Gasteiger charge is 2.67. The Hall–Kier alpha value is -1.56. The summed E-state index contributed by atoms with van der Waals surface area (Å²) in [6, 6.07) is 0. The van der Waals surface area contributed by atoms with Gasteiger partial charge in [0.25, 0.3) is 0 Å². The second-order valence-corrected chi connectivity index (χ2v) is 21.4. The van der Waals surface area contributed by atoms with Crippen molar-refractivity contribution in [3.05, 3.63) is 11.6 Å². The van der Waals surface area contributed by atoms with E-state index in [1.807, 2.05) is 20.0 Å². The van der Waals surface area contributed by atoms with Crippen molar-refractivity contribution in [3.63, 3.8) is 0 Å². The molecule has 8 rings (SSSR count). The van der Waals surface area contributed by atoms with Crippen molar-refractivity contribution in [2.24, 2.45) is 76.7 Å². The van der Waals surface area contributed by atoms with Gasteiger partial charge in [-0.2, -0.15) is 0 Å². The summed E-state index contributed by atoms with van der Waals surface area (Å²) in [5.41, 5.74) is 7.03. The van der Waals surface area contributed by atoms with E-state index in [9.17, 15) is 30.0 Å². The number of nitrogens with two attached hydrogens (primary N) is 3. The Labute approximate surface area is 370 Å². The number of carbonyl (C=O) groups is 2. The van der Waals surface area contributed by atoms with E-state index < -0.39 is 60.0 Å². The molecule has 0 aromatic rings. The van der Waals surface area contributed by atoms with Gasteiger partial charge in [-0.1, -0.05) is 13.0 Å². The summed E-state index contributed by atoms with van der Waals surface area (Å²) in [4.78, 5) is 28.8. The molecule has 5 heterocycles. The lowest BCUT2D eigenvalue weighted by atomic mass is 9.50. The first kappa shape index (κ1) is 47.0. The summed E-state index contributed by atoms with van der Waals surface area (Å²) in [6.45, 7) is 9.23. The lowest BCUT2D eigenvalue weighted by molar-refractivity contribution is -0.708. The number of aliphatic hydroxyl groups is 4. The summed E-state index contributed by atoms with van der Waals surface area (Å²) in [5.74, 6) is -1.66. The number of hydrogen-bond acceptors (Lipinski definition) is 12. The second-order valence-electron chi connectivity index (χ2n) is 21.4. The van der Waals surface area contributed by atoms with Crippen LogP contribution < -0.4 is 27.0 Å². The average molecular weight is 874 g/mol. The SMILES string of the molecule is CC=C(CC[NH2+]C)C(=O)O[C@@H]1CC2C(O)C3C(=O)CC(CO)OC3C3C2O[C@@]1(C)[C@@H](CC1CCC(NCC)[NH2+]C1)C[C@H]1CCC2CCC(O)CC2[C@@H](CO)C3C2CCNC(N)C21. The molecule has 0 aromatic heterocycles. The van der Waals surface area contributed by atoms with Gasteiger partial charge in [0.1, 0.15) is 23.7 Å². The van der Waals surface area contributed by atoms with Crippen LogP contribution in [0.1, 0.15) is 104 Å². The molecule has 0 amide bonds. The van der Waals surface area contributed by atoms with Gasteiger partial charge in [-0.25, -0.2) is 4.79 Å². The molecule has 62 heavy (non-hydrogen) atoms. The van der Waals surface area contributed by atoms with Crippen LogP contribution in [0.2, 0.25) is 0 Å². The number of piperidine rings is 2. The van der Waals surface area contributed by atoms with Crippen molar-refractivity contribution < 1.29 is 54.9 Å². The Morgan fingerprint density at radius 2 is 1.79 bits per heavy atom. The van der Waals surface area contributed by atoms with Gasteiger partial charge in [0.15, 0.2) is 0 Å². The van der Waals surface area contributed by atoms with E-state index in [0.29, 0.717) is 42.8 Å². The average Bonchev–Trinajstić information content (AvgIpc) is 3.31. The molecule has 8 aliphatic rings. The van der Waals surface area contributed by atoms with Crippen molar-refractivity contribution in [2.45, 2.75) is 159 Å². The molecule has 12 N–H and O–H groups in total. The Kier molecular flexibility index (Phi) is 15.2. The third-order valence-electron chi connectivity index (χ3n) is 18.3. The smallest absolute Gasteiger partial charge is 0.334 e. The fourth-order valence-electron chi connectivity index (χ4n) is 15.3. The predicted octanol–water partition coefficient (Wildman–Crippen LogP) is 0.159. The van der Waals surface area contributed by atoms with Crippen molar-refractivity contribution in [3.8, 4) is 0 Å². The van der Waals surface area contributed by atoms with Crippen LogP contribution in [0.3, 0.4) is 0 Å². The molecule has 21 atom stereocenters. The number of fused-ring (bicyclic) bond motifs is 5. The summed E-state index contributed by atoms with van der Waals surface area (Å²) in [6.07, 6.45) is 7.55. The van der Waals surface area contributed by atoms with Gasteiger partial charge in [0.2, 0.25) is 0 Å². The van der Waals surface area contributed by atoms with Gasteiger partial charge in [-0.05, 0) is 138 Å². The van der Waals surface area contributed by atoms with Crippen LogP contribution in [-0.4, -0.2) is 133 Å². The number of quaternary nitrogens is 2. The molecule has 8 fully saturated rings. The molecule has 14 heteroatoms. The molecule has 5 saturated heterocycles. The number of aliphatic hydroxyl groups excluding tert-OH is 4. The molecular formula is C48H83N5O9+2. The van der Waals surface area contributed by atoms with Crippen LogP contribution in [0.25, 0.3) is 0 Å². The summed E-state index contributed by atoms with van der Waals surface area (Å²) >= 11 is 0. The molecular weight excluding hydrogens is 791 g/mol. The standard InChI is InChI=1S/C48H81N5O9/c1-5-26(13-15-50-4)47(59)61-37-21-34-43(58)41-36(57)20-31(23-54)60-45(41)42-40-32-14-16-52-46(49)39(32)28(9-8-27-10-11-30(56)19-33(27)35(40)24-55)18-29(48(37,3)62-44(34)42)17-25-7-12-38(51-6-2)53-22-25/h5,25,27-35,37-46,50-56,58H,6-24,49H2,1-4H3/p+2/t25?,27?,28-,29+,30?,31?,32?,33?,34?,35-,37-,38?,39?,40?,41?,42?,43?,44?,45?,46?,48+/m1/s1. The van der Waals surface area contributed by atoms with Crippen molar-refractivity contribution >= 4 is 11.8 Å². The van der Waals surface area contributed by atoms with Crippen molar-refractivity contribution in [1.82, 2.24) is 10.6 Å². The third-order valence-corrected chi connectivity index (χ3v) is 18.3. The van der Waals surface area contributed by atoms with E-state index in [1.54, 1.807) is 0 Å². The number of nitrogens with one attached hydrogen (secondary N) is 2. The number of esters is 1. The van der Waals surface area contributed by atoms with Crippen LogP contribution in [0, 0.1) is 71.0 Å². The fraction of sp³-hybridized carbons (Fsp3) is 0.917. The van der Waals surface area contributed by atoms with Gasteiger partial charge in [0, 0.05) is 49.2 Å².